The minimum atomic E-state index is -0.527. The Morgan fingerprint density at radius 2 is 1.98 bits per heavy atom. The van der Waals surface area contributed by atoms with Gasteiger partial charge in [-0.15, -0.1) is 10.2 Å². The molecule has 0 radical (unpaired) electrons. The van der Waals surface area contributed by atoms with Crippen LogP contribution < -0.4 is 20.7 Å². The number of ether oxygens (including phenoxy) is 1. The molecule has 1 aliphatic heterocycles. The summed E-state index contributed by atoms with van der Waals surface area (Å²) in [5.41, 5.74) is 11.0. The van der Waals surface area contributed by atoms with Gasteiger partial charge in [0.15, 0.2) is 10.1 Å². The Morgan fingerprint density at radius 1 is 1.22 bits per heavy atom. The first kappa shape index (κ1) is 28.4. The molecule has 5 rings (SSSR count). The minimum Gasteiger partial charge on any atom is -0.495 e. The molecule has 3 aromatic rings. The number of ketones is 1. The first-order chi connectivity index (χ1) is 19.8. The van der Waals surface area contributed by atoms with Crippen LogP contribution in [-0.2, 0) is 9.59 Å². The minimum absolute atomic E-state index is 0.0153. The lowest BCUT2D eigenvalue weighted by atomic mass is 9.75. The third kappa shape index (κ3) is 5.71. The van der Waals surface area contributed by atoms with Crippen LogP contribution in [-0.4, -0.2) is 34.8 Å². The summed E-state index contributed by atoms with van der Waals surface area (Å²) >= 11 is 2.51. The molecule has 1 aliphatic carbocycles. The van der Waals surface area contributed by atoms with E-state index in [1.54, 1.807) is 24.1 Å². The number of allylic oxidation sites excluding steroid dienone is 3. The van der Waals surface area contributed by atoms with Crippen molar-refractivity contribution in [1.82, 2.24) is 10.2 Å². The maximum Gasteiger partial charge on any atom is 0.234 e. The smallest absolute Gasteiger partial charge is 0.234 e. The van der Waals surface area contributed by atoms with Crippen LogP contribution in [0.2, 0.25) is 0 Å². The predicted octanol–water partition coefficient (Wildman–Crippen LogP) is 5.71. The second-order valence-corrected chi connectivity index (χ2v) is 12.2. The van der Waals surface area contributed by atoms with E-state index in [0.717, 1.165) is 11.3 Å². The maximum atomic E-state index is 13.4. The van der Waals surface area contributed by atoms with Gasteiger partial charge in [0.2, 0.25) is 11.0 Å². The molecule has 2 aromatic carbocycles. The number of rotatable bonds is 8. The third-order valence-electron chi connectivity index (χ3n) is 7.14. The number of Topliss-reactive ketones (excluding diaryl/α,β-unsaturated/α-hetero) is 1. The Hall–Kier alpha value is -4.14. The summed E-state index contributed by atoms with van der Waals surface area (Å²) in [6.07, 6.45) is 1.74. The molecule has 1 atom stereocenters. The number of carbonyl (C=O) groups is 2. The lowest BCUT2D eigenvalue weighted by Crippen LogP contribution is -2.38. The fourth-order valence-corrected chi connectivity index (χ4v) is 6.80. The lowest BCUT2D eigenvalue weighted by Gasteiger charge is -2.38. The molecule has 41 heavy (non-hydrogen) atoms. The largest absolute Gasteiger partial charge is 0.495 e. The zero-order valence-electron chi connectivity index (χ0n) is 23.0. The predicted molar refractivity (Wildman–Crippen MR) is 161 cm³/mol. The SMILES string of the molecule is COc1ccccc1NC(=O)CSc1nnc(N2C(N)=C(C#N)C(c3ccc(C(C)C)cc3)C3=C2CCCC3=O)s1. The number of amides is 1. The fraction of sp³-hybridized carbons (Fsp3) is 0.300. The Labute approximate surface area is 247 Å². The van der Waals surface area contributed by atoms with Gasteiger partial charge in [-0.1, -0.05) is 73.3 Å². The molecule has 3 N–H and O–H groups in total. The molecule has 11 heteroatoms. The normalized spacial score (nSPS) is 17.0. The van der Waals surface area contributed by atoms with Gasteiger partial charge < -0.3 is 15.8 Å². The highest BCUT2D eigenvalue weighted by atomic mass is 32.2. The summed E-state index contributed by atoms with van der Waals surface area (Å²) in [7, 11) is 1.55. The van der Waals surface area contributed by atoms with Crippen LogP contribution in [0.4, 0.5) is 10.8 Å². The molecule has 0 saturated heterocycles. The highest BCUT2D eigenvalue weighted by molar-refractivity contribution is 8.01. The molecular weight excluding hydrogens is 557 g/mol. The average Bonchev–Trinajstić information content (AvgIpc) is 3.44. The van der Waals surface area contributed by atoms with E-state index >= 15 is 0 Å². The number of thioether (sulfide) groups is 1. The van der Waals surface area contributed by atoms with E-state index < -0.39 is 5.92 Å². The topological polar surface area (TPSA) is 134 Å². The summed E-state index contributed by atoms with van der Waals surface area (Å²) in [5, 5.41) is 22.2. The quantitative estimate of drug-likeness (QED) is 0.319. The summed E-state index contributed by atoms with van der Waals surface area (Å²) in [5.74, 6) is 0.578. The van der Waals surface area contributed by atoms with Crippen molar-refractivity contribution in [2.24, 2.45) is 5.73 Å². The zero-order valence-corrected chi connectivity index (χ0v) is 24.6. The molecule has 0 bridgehead atoms. The van der Waals surface area contributed by atoms with Crippen LogP contribution in [0.25, 0.3) is 0 Å². The average molecular weight is 587 g/mol. The molecule has 1 amide bonds. The number of carbonyl (C=O) groups excluding carboxylic acids is 2. The van der Waals surface area contributed by atoms with Crippen LogP contribution in [0.1, 0.15) is 56.1 Å². The number of benzene rings is 2. The van der Waals surface area contributed by atoms with Crippen LogP contribution in [0.3, 0.4) is 0 Å². The molecule has 2 aliphatic rings. The Balaban J connectivity index is 1.41. The van der Waals surface area contributed by atoms with E-state index in [2.05, 4.69) is 35.4 Å². The van der Waals surface area contributed by atoms with Gasteiger partial charge in [-0.25, -0.2) is 0 Å². The maximum absolute atomic E-state index is 13.4. The standard InChI is InChI=1S/C30H30N6O3S2/c1-17(2)18-11-13-19(14-12-18)26-20(15-31)28(32)36(22-8-6-9-23(37)27(22)26)29-34-35-30(41-29)40-16-25(38)33-21-7-4-5-10-24(21)39-3/h4-5,7,10-14,17,26H,6,8-9,16,32H2,1-3H3,(H,33,38). The van der Waals surface area contributed by atoms with Crippen LogP contribution in [0.15, 0.2) is 75.5 Å². The third-order valence-corrected chi connectivity index (χ3v) is 9.19. The second-order valence-electron chi connectivity index (χ2n) is 10.0. The van der Waals surface area contributed by atoms with Crippen LogP contribution in [0, 0.1) is 11.3 Å². The first-order valence-electron chi connectivity index (χ1n) is 13.3. The molecule has 1 unspecified atom stereocenters. The molecule has 0 spiro atoms. The zero-order chi connectivity index (χ0) is 29.1. The van der Waals surface area contributed by atoms with E-state index in [0.29, 0.717) is 57.2 Å². The van der Waals surface area contributed by atoms with Crippen molar-refractivity contribution >= 4 is 45.6 Å². The van der Waals surface area contributed by atoms with Gasteiger partial charge in [0.05, 0.1) is 36.1 Å². The number of hydrogen-bond acceptors (Lipinski definition) is 10. The molecule has 0 saturated carbocycles. The number of anilines is 2. The van der Waals surface area contributed by atoms with Crippen LogP contribution >= 0.6 is 23.1 Å². The van der Waals surface area contributed by atoms with Crippen molar-refractivity contribution in [3.63, 3.8) is 0 Å². The van der Waals surface area contributed by atoms with Crippen molar-refractivity contribution in [1.29, 1.82) is 5.26 Å². The van der Waals surface area contributed by atoms with Crippen molar-refractivity contribution in [2.45, 2.75) is 49.3 Å². The number of nitriles is 1. The molecule has 9 nitrogen and oxygen atoms in total. The molecule has 210 valence electrons. The monoisotopic (exact) mass is 586 g/mol. The van der Waals surface area contributed by atoms with E-state index in [-0.39, 0.29) is 23.3 Å². The highest BCUT2D eigenvalue weighted by Crippen LogP contribution is 2.47. The first-order valence-corrected chi connectivity index (χ1v) is 15.1. The summed E-state index contributed by atoms with van der Waals surface area (Å²) in [4.78, 5) is 27.7. The molecule has 1 aromatic heterocycles. The van der Waals surface area contributed by atoms with Crippen molar-refractivity contribution < 1.29 is 14.3 Å². The Morgan fingerprint density at radius 3 is 2.68 bits per heavy atom. The van der Waals surface area contributed by atoms with Crippen LogP contribution in [0.5, 0.6) is 5.75 Å². The number of hydrogen-bond donors (Lipinski definition) is 2. The van der Waals surface area contributed by atoms with Gasteiger partial charge in [0.1, 0.15) is 11.6 Å². The van der Waals surface area contributed by atoms with Crippen molar-refractivity contribution in [2.75, 3.05) is 23.1 Å². The number of nitrogens with two attached hydrogens (primary N) is 1. The van der Waals surface area contributed by atoms with Gasteiger partial charge in [0, 0.05) is 17.7 Å². The summed E-state index contributed by atoms with van der Waals surface area (Å²) in [6.45, 7) is 4.25. The molecule has 2 heterocycles. The summed E-state index contributed by atoms with van der Waals surface area (Å²) < 4.78 is 5.86. The Kier molecular flexibility index (Phi) is 8.42. The number of para-hydroxylation sites is 2. The van der Waals surface area contributed by atoms with E-state index in [9.17, 15) is 14.9 Å². The molecular formula is C30H30N6O3S2. The Bertz CT molecular complexity index is 1590. The molecule has 0 fully saturated rings. The second kappa shape index (κ2) is 12.2. The number of aromatic nitrogens is 2. The number of nitrogens with zero attached hydrogens (tertiary/aromatic N) is 4. The van der Waals surface area contributed by atoms with Gasteiger partial charge in [-0.2, -0.15) is 5.26 Å². The van der Waals surface area contributed by atoms with Crippen molar-refractivity contribution in [3.05, 3.63) is 82.3 Å². The van der Waals surface area contributed by atoms with Gasteiger partial charge >= 0.3 is 0 Å². The number of nitrogens with one attached hydrogen (secondary N) is 1. The van der Waals surface area contributed by atoms with Gasteiger partial charge in [0.25, 0.3) is 0 Å². The van der Waals surface area contributed by atoms with Crippen molar-refractivity contribution in [3.8, 4) is 11.8 Å². The summed E-state index contributed by atoms with van der Waals surface area (Å²) in [6, 6.07) is 17.5. The van der Waals surface area contributed by atoms with E-state index in [4.69, 9.17) is 10.5 Å². The van der Waals surface area contributed by atoms with Gasteiger partial charge in [-0.05, 0) is 42.0 Å². The number of methoxy groups -OCH3 is 1. The van der Waals surface area contributed by atoms with Gasteiger partial charge in [-0.3, -0.25) is 14.5 Å². The van der Waals surface area contributed by atoms with E-state index in [1.165, 1.54) is 28.7 Å². The lowest BCUT2D eigenvalue weighted by molar-refractivity contribution is -0.116. The highest BCUT2D eigenvalue weighted by Gasteiger charge is 2.41. The fourth-order valence-electron chi connectivity index (χ4n) is 5.12. The van der Waals surface area contributed by atoms with E-state index in [1.807, 2.05) is 36.4 Å².